The van der Waals surface area contributed by atoms with Crippen LogP contribution in [0, 0.1) is 11.3 Å². The fourth-order valence-electron chi connectivity index (χ4n) is 2.02. The Morgan fingerprint density at radius 2 is 2.00 bits per heavy atom. The lowest BCUT2D eigenvalue weighted by Crippen LogP contribution is -2.45. The highest BCUT2D eigenvalue weighted by molar-refractivity contribution is 5.97. The molecule has 2 unspecified atom stereocenters. The monoisotopic (exact) mass is 228 g/mol. The van der Waals surface area contributed by atoms with E-state index < -0.39 is 17.3 Å². The summed E-state index contributed by atoms with van der Waals surface area (Å²) >= 11 is 0. The summed E-state index contributed by atoms with van der Waals surface area (Å²) in [6.07, 6.45) is 0.752. The van der Waals surface area contributed by atoms with Crippen LogP contribution in [0.25, 0.3) is 0 Å². The molecule has 16 heavy (non-hydrogen) atoms. The number of carboxylic acids is 1. The van der Waals surface area contributed by atoms with E-state index in [1.807, 2.05) is 0 Å². The van der Waals surface area contributed by atoms with Gasteiger partial charge in [-0.25, -0.2) is 0 Å². The third-order valence-corrected chi connectivity index (χ3v) is 2.90. The van der Waals surface area contributed by atoms with Crippen molar-refractivity contribution in [1.29, 1.82) is 0 Å². The molecule has 1 heterocycles. The number of carbonyl (C=O) groups excluding carboxylic acids is 1. The number of carboxylic acid groups (broad SMARTS) is 1. The molecule has 0 radical (unpaired) electrons. The average molecular weight is 228 g/mol. The standard InChI is InChI=1S/C11H20N2O3/c1-11(2,3)8(10(15)16)9(14)13-5-4-7(12)6-13/h7-8H,4-6,12H2,1-3H3,(H,15,16). The Balaban J connectivity index is 2.80. The maximum absolute atomic E-state index is 12.1. The molecule has 0 aromatic heterocycles. The van der Waals surface area contributed by atoms with Gasteiger partial charge in [0.15, 0.2) is 0 Å². The Kier molecular flexibility index (Phi) is 3.57. The van der Waals surface area contributed by atoms with Crippen LogP contribution >= 0.6 is 0 Å². The first-order chi connectivity index (χ1) is 7.23. The molecule has 0 aliphatic carbocycles. The molecule has 1 rings (SSSR count). The molecule has 0 aromatic carbocycles. The second kappa shape index (κ2) is 4.41. The number of aliphatic carboxylic acids is 1. The van der Waals surface area contributed by atoms with Crippen LogP contribution < -0.4 is 5.73 Å². The number of hydrogen-bond acceptors (Lipinski definition) is 3. The Morgan fingerprint density at radius 1 is 1.44 bits per heavy atom. The molecular formula is C11H20N2O3. The van der Waals surface area contributed by atoms with Crippen LogP contribution in [0.5, 0.6) is 0 Å². The second-order valence-corrected chi connectivity index (χ2v) is 5.47. The highest BCUT2D eigenvalue weighted by Crippen LogP contribution is 2.29. The van der Waals surface area contributed by atoms with E-state index in [9.17, 15) is 9.59 Å². The van der Waals surface area contributed by atoms with Crippen LogP contribution in [0.3, 0.4) is 0 Å². The smallest absolute Gasteiger partial charge is 0.316 e. The number of amides is 1. The minimum absolute atomic E-state index is 0.0154. The third-order valence-electron chi connectivity index (χ3n) is 2.90. The van der Waals surface area contributed by atoms with Crippen LogP contribution in [-0.4, -0.2) is 41.0 Å². The number of carbonyl (C=O) groups is 2. The maximum atomic E-state index is 12.1. The van der Waals surface area contributed by atoms with Gasteiger partial charge >= 0.3 is 5.97 Å². The number of likely N-dealkylation sites (tertiary alicyclic amines) is 1. The Hall–Kier alpha value is -1.10. The zero-order chi connectivity index (χ0) is 12.5. The highest BCUT2D eigenvalue weighted by Gasteiger charge is 2.41. The fourth-order valence-corrected chi connectivity index (χ4v) is 2.02. The summed E-state index contributed by atoms with van der Waals surface area (Å²) in [5, 5.41) is 9.13. The molecule has 0 bridgehead atoms. The SMILES string of the molecule is CC(C)(C)C(C(=O)O)C(=O)N1CCC(N)C1. The second-order valence-electron chi connectivity index (χ2n) is 5.47. The van der Waals surface area contributed by atoms with Gasteiger partial charge in [-0.3, -0.25) is 9.59 Å². The average Bonchev–Trinajstić information content (AvgIpc) is 2.48. The van der Waals surface area contributed by atoms with Crippen LogP contribution in [0.15, 0.2) is 0 Å². The summed E-state index contributed by atoms with van der Waals surface area (Å²) in [5.41, 5.74) is 5.13. The molecule has 0 saturated carbocycles. The van der Waals surface area contributed by atoms with Crippen LogP contribution in [0.2, 0.25) is 0 Å². The quantitative estimate of drug-likeness (QED) is 0.665. The van der Waals surface area contributed by atoms with Crippen molar-refractivity contribution in [2.45, 2.75) is 33.2 Å². The van der Waals surface area contributed by atoms with E-state index in [1.165, 1.54) is 0 Å². The normalized spacial score (nSPS) is 23.2. The van der Waals surface area contributed by atoms with Crippen molar-refractivity contribution in [1.82, 2.24) is 4.90 Å². The van der Waals surface area contributed by atoms with E-state index in [1.54, 1.807) is 25.7 Å². The number of nitrogens with two attached hydrogens (primary N) is 1. The van der Waals surface area contributed by atoms with E-state index in [0.717, 1.165) is 6.42 Å². The minimum Gasteiger partial charge on any atom is -0.481 e. The lowest BCUT2D eigenvalue weighted by Gasteiger charge is -2.29. The lowest BCUT2D eigenvalue weighted by atomic mass is 9.80. The summed E-state index contributed by atoms with van der Waals surface area (Å²) < 4.78 is 0. The van der Waals surface area contributed by atoms with E-state index in [0.29, 0.717) is 13.1 Å². The van der Waals surface area contributed by atoms with Crippen molar-refractivity contribution in [2.75, 3.05) is 13.1 Å². The number of nitrogens with zero attached hydrogens (tertiary/aromatic N) is 1. The molecule has 3 N–H and O–H groups in total. The zero-order valence-corrected chi connectivity index (χ0v) is 10.1. The molecular weight excluding hydrogens is 208 g/mol. The summed E-state index contributed by atoms with van der Waals surface area (Å²) in [5.74, 6) is -2.36. The van der Waals surface area contributed by atoms with Gasteiger partial charge in [0.25, 0.3) is 0 Å². The number of hydrogen-bond donors (Lipinski definition) is 2. The van der Waals surface area contributed by atoms with Gasteiger partial charge in [0.05, 0.1) is 0 Å². The van der Waals surface area contributed by atoms with Crippen molar-refractivity contribution < 1.29 is 14.7 Å². The summed E-state index contributed by atoms with van der Waals surface area (Å²) in [6, 6.07) is -0.0154. The Bertz CT molecular complexity index is 296. The number of rotatable bonds is 2. The van der Waals surface area contributed by atoms with Crippen LogP contribution in [0.1, 0.15) is 27.2 Å². The predicted molar refractivity (Wildman–Crippen MR) is 59.8 cm³/mol. The van der Waals surface area contributed by atoms with Crippen molar-refractivity contribution in [3.63, 3.8) is 0 Å². The summed E-state index contributed by atoms with van der Waals surface area (Å²) in [4.78, 5) is 24.8. The van der Waals surface area contributed by atoms with E-state index in [-0.39, 0.29) is 11.9 Å². The summed E-state index contributed by atoms with van der Waals surface area (Å²) in [6.45, 7) is 6.33. The minimum atomic E-state index is -1.06. The molecule has 1 fully saturated rings. The molecule has 0 aromatic rings. The van der Waals surface area contributed by atoms with Gasteiger partial charge in [0.1, 0.15) is 5.92 Å². The van der Waals surface area contributed by atoms with Gasteiger partial charge in [-0.1, -0.05) is 20.8 Å². The molecule has 5 heteroatoms. The Labute approximate surface area is 95.6 Å². The molecule has 1 amide bonds. The van der Waals surface area contributed by atoms with E-state index >= 15 is 0 Å². The van der Waals surface area contributed by atoms with E-state index in [4.69, 9.17) is 10.8 Å². The van der Waals surface area contributed by atoms with E-state index in [2.05, 4.69) is 0 Å². The Morgan fingerprint density at radius 3 is 2.31 bits per heavy atom. The van der Waals surface area contributed by atoms with Gasteiger partial charge in [-0.2, -0.15) is 0 Å². The first-order valence-corrected chi connectivity index (χ1v) is 5.50. The van der Waals surface area contributed by atoms with Crippen molar-refractivity contribution in [3.8, 4) is 0 Å². The van der Waals surface area contributed by atoms with Gasteiger partial charge in [-0.15, -0.1) is 0 Å². The predicted octanol–water partition coefficient (Wildman–Crippen LogP) is 0.293. The van der Waals surface area contributed by atoms with Crippen molar-refractivity contribution >= 4 is 11.9 Å². The van der Waals surface area contributed by atoms with Gasteiger partial charge in [0, 0.05) is 19.1 Å². The molecule has 1 aliphatic heterocycles. The molecule has 0 spiro atoms. The first-order valence-electron chi connectivity index (χ1n) is 5.50. The highest BCUT2D eigenvalue weighted by atomic mass is 16.4. The fraction of sp³-hybridized carbons (Fsp3) is 0.818. The van der Waals surface area contributed by atoms with Crippen LogP contribution in [-0.2, 0) is 9.59 Å². The van der Waals surface area contributed by atoms with Crippen molar-refractivity contribution in [2.24, 2.45) is 17.1 Å². The molecule has 1 aliphatic rings. The lowest BCUT2D eigenvalue weighted by molar-refractivity contribution is -0.155. The van der Waals surface area contributed by atoms with Gasteiger partial charge in [-0.05, 0) is 11.8 Å². The molecule has 92 valence electrons. The summed E-state index contributed by atoms with van der Waals surface area (Å²) in [7, 11) is 0. The molecule has 2 atom stereocenters. The maximum Gasteiger partial charge on any atom is 0.316 e. The molecule has 1 saturated heterocycles. The van der Waals surface area contributed by atoms with Crippen molar-refractivity contribution in [3.05, 3.63) is 0 Å². The zero-order valence-electron chi connectivity index (χ0n) is 10.1. The third kappa shape index (κ3) is 2.72. The van der Waals surface area contributed by atoms with Gasteiger partial charge < -0.3 is 15.7 Å². The first kappa shape index (κ1) is 13.0. The van der Waals surface area contributed by atoms with Crippen LogP contribution in [0.4, 0.5) is 0 Å². The largest absolute Gasteiger partial charge is 0.481 e. The molecule has 5 nitrogen and oxygen atoms in total. The topological polar surface area (TPSA) is 83.6 Å². The van der Waals surface area contributed by atoms with Gasteiger partial charge in [0.2, 0.25) is 5.91 Å².